The lowest BCUT2D eigenvalue weighted by atomic mass is 10.1. The van der Waals surface area contributed by atoms with Crippen molar-refractivity contribution in [1.82, 2.24) is 5.32 Å². The molecule has 0 aliphatic carbocycles. The monoisotopic (exact) mass is 304 g/mol. The van der Waals surface area contributed by atoms with Crippen molar-refractivity contribution >= 4 is 17.3 Å². The van der Waals surface area contributed by atoms with Crippen LogP contribution in [0, 0.1) is 17.0 Å². The van der Waals surface area contributed by atoms with E-state index in [-0.39, 0.29) is 11.7 Å². The van der Waals surface area contributed by atoms with Gasteiger partial charge in [-0.15, -0.1) is 0 Å². The summed E-state index contributed by atoms with van der Waals surface area (Å²) in [6.45, 7) is 4.70. The molecule has 2 rings (SSSR count). The van der Waals surface area contributed by atoms with Crippen molar-refractivity contribution in [1.29, 1.82) is 0 Å². The number of non-ortho nitro benzene ring substituents is 1. The minimum absolute atomic E-state index is 0.00971. The Morgan fingerprint density at radius 1 is 1.29 bits per heavy atom. The van der Waals surface area contributed by atoms with Crippen LogP contribution >= 0.6 is 11.6 Å². The van der Waals surface area contributed by atoms with E-state index in [0.717, 1.165) is 5.56 Å². The molecular weight excluding hydrogens is 288 g/mol. The van der Waals surface area contributed by atoms with E-state index in [2.05, 4.69) is 37.4 Å². The molecule has 1 N–H and O–H groups in total. The van der Waals surface area contributed by atoms with Crippen LogP contribution in [0.2, 0.25) is 5.02 Å². The lowest BCUT2D eigenvalue weighted by Crippen LogP contribution is -2.18. The third kappa shape index (κ3) is 4.03. The molecule has 21 heavy (non-hydrogen) atoms. The number of nitro benzene ring substituents is 1. The van der Waals surface area contributed by atoms with Crippen molar-refractivity contribution in [3.8, 4) is 0 Å². The Kier molecular flexibility index (Phi) is 4.94. The predicted octanol–water partition coefficient (Wildman–Crippen LogP) is 4.41. The van der Waals surface area contributed by atoms with Gasteiger partial charge in [-0.25, -0.2) is 0 Å². The quantitative estimate of drug-likeness (QED) is 0.657. The maximum absolute atomic E-state index is 10.7. The maximum atomic E-state index is 10.7. The first-order valence-electron chi connectivity index (χ1n) is 6.70. The van der Waals surface area contributed by atoms with Gasteiger partial charge in [-0.05, 0) is 31.0 Å². The van der Waals surface area contributed by atoms with Crippen LogP contribution in [-0.4, -0.2) is 4.92 Å². The van der Waals surface area contributed by atoms with Crippen molar-refractivity contribution in [2.45, 2.75) is 26.4 Å². The molecule has 0 spiro atoms. The lowest BCUT2D eigenvalue weighted by molar-refractivity contribution is -0.384. The van der Waals surface area contributed by atoms with Gasteiger partial charge in [0.05, 0.1) is 9.95 Å². The molecule has 1 atom stereocenters. The molecule has 0 aromatic heterocycles. The Bertz CT molecular complexity index is 658. The first kappa shape index (κ1) is 15.5. The van der Waals surface area contributed by atoms with Gasteiger partial charge in [0.1, 0.15) is 0 Å². The van der Waals surface area contributed by atoms with E-state index in [4.69, 9.17) is 11.6 Å². The van der Waals surface area contributed by atoms with Gasteiger partial charge in [-0.3, -0.25) is 10.1 Å². The number of halogens is 1. The number of rotatable bonds is 5. The van der Waals surface area contributed by atoms with Crippen molar-refractivity contribution in [3.63, 3.8) is 0 Å². The SMILES string of the molecule is Cc1cccc([C@H](C)NCc2ccc([N+](=O)[O-])cc2Cl)c1. The van der Waals surface area contributed by atoms with Gasteiger partial charge >= 0.3 is 0 Å². The molecule has 5 heteroatoms. The lowest BCUT2D eigenvalue weighted by Gasteiger charge is -2.15. The Balaban J connectivity index is 2.04. The predicted molar refractivity (Wildman–Crippen MR) is 84.5 cm³/mol. The number of hydrogen-bond donors (Lipinski definition) is 1. The van der Waals surface area contributed by atoms with Crippen molar-refractivity contribution in [3.05, 3.63) is 74.3 Å². The molecule has 0 amide bonds. The molecule has 0 saturated carbocycles. The van der Waals surface area contributed by atoms with Gasteiger partial charge in [0.25, 0.3) is 5.69 Å². The average Bonchev–Trinajstić information content (AvgIpc) is 2.45. The highest BCUT2D eigenvalue weighted by atomic mass is 35.5. The fourth-order valence-corrected chi connectivity index (χ4v) is 2.36. The normalized spacial score (nSPS) is 12.1. The maximum Gasteiger partial charge on any atom is 0.270 e. The van der Waals surface area contributed by atoms with Gasteiger partial charge in [0.2, 0.25) is 0 Å². The molecule has 0 heterocycles. The Morgan fingerprint density at radius 3 is 2.67 bits per heavy atom. The summed E-state index contributed by atoms with van der Waals surface area (Å²) in [4.78, 5) is 10.2. The molecule has 0 bridgehead atoms. The summed E-state index contributed by atoms with van der Waals surface area (Å²) >= 11 is 6.08. The Labute approximate surface area is 128 Å². The number of nitrogens with zero attached hydrogens (tertiary/aromatic N) is 1. The van der Waals surface area contributed by atoms with Gasteiger partial charge < -0.3 is 5.32 Å². The first-order chi connectivity index (χ1) is 9.97. The Hall–Kier alpha value is -1.91. The summed E-state index contributed by atoms with van der Waals surface area (Å²) in [5.74, 6) is 0. The second-order valence-corrected chi connectivity index (χ2v) is 5.46. The summed E-state index contributed by atoms with van der Waals surface area (Å²) in [6.07, 6.45) is 0. The number of hydrogen-bond acceptors (Lipinski definition) is 3. The minimum atomic E-state index is -0.446. The molecule has 2 aromatic rings. The van der Waals surface area contributed by atoms with Crippen LogP contribution < -0.4 is 5.32 Å². The fourth-order valence-electron chi connectivity index (χ4n) is 2.11. The number of nitro groups is 1. The zero-order valence-electron chi connectivity index (χ0n) is 12.0. The molecule has 0 saturated heterocycles. The van der Waals surface area contributed by atoms with E-state index in [1.807, 2.05) is 6.07 Å². The summed E-state index contributed by atoms with van der Waals surface area (Å²) in [6, 6.07) is 13.0. The first-order valence-corrected chi connectivity index (χ1v) is 7.08. The second-order valence-electron chi connectivity index (χ2n) is 5.05. The molecule has 0 radical (unpaired) electrons. The number of nitrogens with one attached hydrogen (secondary N) is 1. The highest BCUT2D eigenvalue weighted by Crippen LogP contribution is 2.23. The Morgan fingerprint density at radius 2 is 2.05 bits per heavy atom. The zero-order chi connectivity index (χ0) is 15.4. The van der Waals surface area contributed by atoms with Crippen LogP contribution in [-0.2, 0) is 6.54 Å². The van der Waals surface area contributed by atoms with E-state index >= 15 is 0 Å². The van der Waals surface area contributed by atoms with Gasteiger partial charge in [0, 0.05) is 24.7 Å². The van der Waals surface area contributed by atoms with E-state index in [0.29, 0.717) is 11.6 Å². The molecule has 0 aliphatic rings. The van der Waals surface area contributed by atoms with Gasteiger partial charge in [-0.2, -0.15) is 0 Å². The van der Waals surface area contributed by atoms with E-state index < -0.39 is 4.92 Å². The van der Waals surface area contributed by atoms with Crippen LogP contribution in [0.15, 0.2) is 42.5 Å². The minimum Gasteiger partial charge on any atom is -0.306 e. The fraction of sp³-hybridized carbons (Fsp3) is 0.250. The molecule has 110 valence electrons. The molecule has 0 unspecified atom stereocenters. The third-order valence-corrected chi connectivity index (χ3v) is 3.74. The summed E-state index contributed by atoms with van der Waals surface area (Å²) < 4.78 is 0. The summed E-state index contributed by atoms with van der Waals surface area (Å²) in [5.41, 5.74) is 3.28. The van der Waals surface area contributed by atoms with Crippen molar-refractivity contribution < 1.29 is 4.92 Å². The van der Waals surface area contributed by atoms with E-state index in [1.54, 1.807) is 6.07 Å². The van der Waals surface area contributed by atoms with E-state index in [1.165, 1.54) is 23.3 Å². The smallest absolute Gasteiger partial charge is 0.270 e. The second kappa shape index (κ2) is 6.70. The highest BCUT2D eigenvalue weighted by Gasteiger charge is 2.11. The largest absolute Gasteiger partial charge is 0.306 e. The van der Waals surface area contributed by atoms with Gasteiger partial charge in [-0.1, -0.05) is 41.4 Å². The van der Waals surface area contributed by atoms with Crippen molar-refractivity contribution in [2.75, 3.05) is 0 Å². The molecule has 2 aromatic carbocycles. The van der Waals surface area contributed by atoms with Crippen LogP contribution in [0.4, 0.5) is 5.69 Å². The zero-order valence-corrected chi connectivity index (χ0v) is 12.7. The highest BCUT2D eigenvalue weighted by molar-refractivity contribution is 6.31. The van der Waals surface area contributed by atoms with E-state index in [9.17, 15) is 10.1 Å². The van der Waals surface area contributed by atoms with Crippen molar-refractivity contribution in [2.24, 2.45) is 0 Å². The summed E-state index contributed by atoms with van der Waals surface area (Å²) in [7, 11) is 0. The summed E-state index contributed by atoms with van der Waals surface area (Å²) in [5, 5.41) is 14.5. The molecule has 4 nitrogen and oxygen atoms in total. The molecule has 0 fully saturated rings. The average molecular weight is 305 g/mol. The van der Waals surface area contributed by atoms with Gasteiger partial charge in [0.15, 0.2) is 0 Å². The van der Waals surface area contributed by atoms with Crippen LogP contribution in [0.3, 0.4) is 0 Å². The topological polar surface area (TPSA) is 55.2 Å². The van der Waals surface area contributed by atoms with Crippen LogP contribution in [0.1, 0.15) is 29.7 Å². The molecular formula is C16H17ClN2O2. The standard InChI is InChI=1S/C16H17ClN2O2/c1-11-4-3-5-13(8-11)12(2)18-10-14-6-7-15(19(20)21)9-16(14)17/h3-9,12,18H,10H2,1-2H3/t12-/m0/s1. The van der Waals surface area contributed by atoms with Crippen LogP contribution in [0.25, 0.3) is 0 Å². The third-order valence-electron chi connectivity index (χ3n) is 3.39. The number of benzene rings is 2. The number of aryl methyl sites for hydroxylation is 1. The molecule has 0 aliphatic heterocycles. The van der Waals surface area contributed by atoms with Crippen LogP contribution in [0.5, 0.6) is 0 Å².